The van der Waals surface area contributed by atoms with Crippen LogP contribution in [0.15, 0.2) is 70.0 Å². The van der Waals surface area contributed by atoms with Crippen molar-refractivity contribution < 1.29 is 9.21 Å². The maximum atomic E-state index is 12.2. The van der Waals surface area contributed by atoms with E-state index in [1.165, 1.54) is 10.6 Å². The number of hydrogen-bond donors (Lipinski definition) is 1. The number of pyridine rings is 1. The highest BCUT2D eigenvalue weighted by Crippen LogP contribution is 2.18. The maximum absolute atomic E-state index is 12.2. The Morgan fingerprint density at radius 2 is 1.87 bits per heavy atom. The zero-order chi connectivity index (χ0) is 16.2. The second kappa shape index (κ2) is 6.82. The van der Waals surface area contributed by atoms with Crippen molar-refractivity contribution >= 4 is 34.2 Å². The molecule has 3 aromatic rings. The van der Waals surface area contributed by atoms with Crippen LogP contribution in [0.3, 0.4) is 0 Å². The van der Waals surface area contributed by atoms with Crippen LogP contribution in [0.1, 0.15) is 16.3 Å². The molecule has 116 valence electrons. The molecule has 5 nitrogen and oxygen atoms in total. The predicted octanol–water partition coefficient (Wildman–Crippen LogP) is 3.35. The summed E-state index contributed by atoms with van der Waals surface area (Å²) in [5.41, 5.74) is 0.615. The van der Waals surface area contributed by atoms with E-state index < -0.39 is 0 Å². The molecule has 0 unspecified atom stereocenters. The molecule has 2 heterocycles. The van der Waals surface area contributed by atoms with E-state index in [1.54, 1.807) is 30.5 Å². The predicted molar refractivity (Wildman–Crippen MR) is 95.6 cm³/mol. The van der Waals surface area contributed by atoms with E-state index in [-0.39, 0.29) is 23.8 Å². The number of nitrogens with zero attached hydrogens (tertiary/aromatic N) is 1. The molecule has 3 rings (SSSR count). The smallest absolute Gasteiger partial charge is 0.291 e. The van der Waals surface area contributed by atoms with Crippen LogP contribution in [0, 0.1) is 3.57 Å². The Bertz CT molecular complexity index is 898. The van der Waals surface area contributed by atoms with Gasteiger partial charge < -0.3 is 14.3 Å². The van der Waals surface area contributed by atoms with Gasteiger partial charge in [0.25, 0.3) is 11.5 Å². The van der Waals surface area contributed by atoms with E-state index in [4.69, 9.17) is 4.42 Å². The Labute approximate surface area is 146 Å². The third-order valence-electron chi connectivity index (χ3n) is 3.23. The molecule has 0 aliphatic heterocycles. The van der Waals surface area contributed by atoms with Crippen LogP contribution < -0.4 is 10.9 Å². The second-order valence-electron chi connectivity index (χ2n) is 4.87. The average Bonchev–Trinajstić information content (AvgIpc) is 3.01. The van der Waals surface area contributed by atoms with Crippen LogP contribution in [0.2, 0.25) is 0 Å². The number of aromatic nitrogens is 1. The van der Waals surface area contributed by atoms with E-state index in [0.29, 0.717) is 5.76 Å². The molecule has 0 radical (unpaired) electrons. The van der Waals surface area contributed by atoms with Crippen molar-refractivity contribution in [2.45, 2.75) is 6.54 Å². The molecule has 1 N–H and O–H groups in total. The first-order valence-corrected chi connectivity index (χ1v) is 8.01. The third kappa shape index (κ3) is 3.70. The Kier molecular flexibility index (Phi) is 4.61. The lowest BCUT2D eigenvalue weighted by atomic mass is 10.3. The van der Waals surface area contributed by atoms with Gasteiger partial charge in [0.2, 0.25) is 0 Å². The third-order valence-corrected chi connectivity index (χ3v) is 4.17. The highest BCUT2D eigenvalue weighted by atomic mass is 127. The topological polar surface area (TPSA) is 64.2 Å². The van der Waals surface area contributed by atoms with Crippen LogP contribution in [0.4, 0.5) is 5.69 Å². The number of carbonyl (C=O) groups excluding carboxylic acids is 1. The number of amides is 1. The van der Waals surface area contributed by atoms with Crippen LogP contribution in [-0.4, -0.2) is 10.5 Å². The molecular formula is C17H13IN2O3. The van der Waals surface area contributed by atoms with Crippen molar-refractivity contribution in [3.63, 3.8) is 0 Å². The normalized spacial score (nSPS) is 10.5. The Hall–Kier alpha value is -2.35. The first-order valence-electron chi connectivity index (χ1n) is 6.93. The average molecular weight is 420 g/mol. The molecule has 0 fully saturated rings. The fraction of sp³-hybridized carbons (Fsp3) is 0.0588. The standard InChI is InChI=1S/C17H13IN2O3/c18-13-5-1-2-6-14(13)19-17(22)15-9-8-12(23-15)11-20-10-4-3-7-16(20)21/h1-10H,11H2,(H,19,22). The molecule has 0 saturated heterocycles. The first-order chi connectivity index (χ1) is 11.1. The zero-order valence-electron chi connectivity index (χ0n) is 12.0. The van der Waals surface area contributed by atoms with Gasteiger partial charge in [-0.1, -0.05) is 18.2 Å². The molecule has 0 aliphatic carbocycles. The van der Waals surface area contributed by atoms with E-state index in [2.05, 4.69) is 27.9 Å². The van der Waals surface area contributed by atoms with Crippen LogP contribution >= 0.6 is 22.6 Å². The summed E-state index contributed by atoms with van der Waals surface area (Å²) in [6.45, 7) is 0.288. The van der Waals surface area contributed by atoms with Crippen molar-refractivity contribution in [1.29, 1.82) is 0 Å². The number of carbonyl (C=O) groups is 1. The summed E-state index contributed by atoms with van der Waals surface area (Å²) in [5.74, 6) is 0.440. The molecule has 6 heteroatoms. The lowest BCUT2D eigenvalue weighted by Gasteiger charge is -2.05. The molecule has 2 aromatic heterocycles. The molecule has 0 aliphatic rings. The van der Waals surface area contributed by atoms with Gasteiger partial charge in [-0.3, -0.25) is 9.59 Å². The van der Waals surface area contributed by atoms with Gasteiger partial charge in [-0.15, -0.1) is 0 Å². The minimum atomic E-state index is -0.319. The summed E-state index contributed by atoms with van der Waals surface area (Å²) in [4.78, 5) is 23.9. The largest absolute Gasteiger partial charge is 0.454 e. The van der Waals surface area contributed by atoms with E-state index in [0.717, 1.165) is 9.26 Å². The second-order valence-corrected chi connectivity index (χ2v) is 6.03. The Morgan fingerprint density at radius 3 is 2.65 bits per heavy atom. The SMILES string of the molecule is O=C(Nc1ccccc1I)c1ccc(Cn2ccccc2=O)o1. The van der Waals surface area contributed by atoms with Crippen molar-refractivity contribution in [1.82, 2.24) is 4.57 Å². The van der Waals surface area contributed by atoms with Gasteiger partial charge >= 0.3 is 0 Å². The van der Waals surface area contributed by atoms with E-state index in [9.17, 15) is 9.59 Å². The monoisotopic (exact) mass is 420 g/mol. The summed E-state index contributed by atoms with van der Waals surface area (Å²) in [6, 6.07) is 15.7. The molecule has 0 saturated carbocycles. The number of nitrogens with one attached hydrogen (secondary N) is 1. The summed E-state index contributed by atoms with van der Waals surface area (Å²) in [5, 5.41) is 2.81. The van der Waals surface area contributed by atoms with Crippen molar-refractivity contribution in [3.05, 3.63) is 86.2 Å². The molecule has 1 amide bonds. The fourth-order valence-electron chi connectivity index (χ4n) is 2.09. The first kappa shape index (κ1) is 15.5. The quantitative estimate of drug-likeness (QED) is 0.659. The number of halogens is 1. The zero-order valence-corrected chi connectivity index (χ0v) is 14.2. The molecule has 0 spiro atoms. The minimum Gasteiger partial charge on any atom is -0.454 e. The fourth-order valence-corrected chi connectivity index (χ4v) is 2.61. The number of rotatable bonds is 4. The highest BCUT2D eigenvalue weighted by molar-refractivity contribution is 14.1. The minimum absolute atomic E-state index is 0.117. The summed E-state index contributed by atoms with van der Waals surface area (Å²) in [6.07, 6.45) is 1.68. The summed E-state index contributed by atoms with van der Waals surface area (Å²) >= 11 is 2.15. The lowest BCUT2D eigenvalue weighted by Crippen LogP contribution is -2.18. The van der Waals surface area contributed by atoms with Crippen molar-refractivity contribution in [2.75, 3.05) is 5.32 Å². The number of anilines is 1. The molecule has 23 heavy (non-hydrogen) atoms. The lowest BCUT2D eigenvalue weighted by molar-refractivity contribution is 0.0994. The van der Waals surface area contributed by atoms with Gasteiger partial charge in [-0.25, -0.2) is 0 Å². The van der Waals surface area contributed by atoms with Gasteiger partial charge in [0.05, 0.1) is 12.2 Å². The van der Waals surface area contributed by atoms with Gasteiger partial charge in [0.1, 0.15) is 5.76 Å². The Morgan fingerprint density at radius 1 is 1.09 bits per heavy atom. The van der Waals surface area contributed by atoms with Crippen LogP contribution in [-0.2, 0) is 6.54 Å². The van der Waals surface area contributed by atoms with E-state index in [1.807, 2.05) is 24.3 Å². The van der Waals surface area contributed by atoms with Gasteiger partial charge in [0, 0.05) is 15.8 Å². The number of para-hydroxylation sites is 1. The maximum Gasteiger partial charge on any atom is 0.291 e. The molecule has 1 aromatic carbocycles. The van der Waals surface area contributed by atoms with Crippen LogP contribution in [0.25, 0.3) is 0 Å². The Balaban J connectivity index is 1.74. The van der Waals surface area contributed by atoms with Gasteiger partial charge in [0.15, 0.2) is 5.76 Å². The van der Waals surface area contributed by atoms with Gasteiger partial charge in [-0.2, -0.15) is 0 Å². The molecule has 0 bridgehead atoms. The van der Waals surface area contributed by atoms with Crippen LogP contribution in [0.5, 0.6) is 0 Å². The number of benzene rings is 1. The molecular weight excluding hydrogens is 407 g/mol. The van der Waals surface area contributed by atoms with Crippen molar-refractivity contribution in [3.8, 4) is 0 Å². The van der Waals surface area contributed by atoms with E-state index >= 15 is 0 Å². The summed E-state index contributed by atoms with van der Waals surface area (Å²) < 4.78 is 8.00. The molecule has 0 atom stereocenters. The summed E-state index contributed by atoms with van der Waals surface area (Å²) in [7, 11) is 0. The van der Waals surface area contributed by atoms with Crippen molar-refractivity contribution in [2.24, 2.45) is 0 Å². The number of hydrogen-bond acceptors (Lipinski definition) is 3. The van der Waals surface area contributed by atoms with Gasteiger partial charge in [-0.05, 0) is 52.9 Å². The highest BCUT2D eigenvalue weighted by Gasteiger charge is 2.13. The number of furan rings is 1.